The molecule has 0 bridgehead atoms. The first-order chi connectivity index (χ1) is 8.96. The average Bonchev–Trinajstić information content (AvgIpc) is 2.40. The van der Waals surface area contributed by atoms with E-state index in [2.05, 4.69) is 57.3 Å². The molecule has 0 aromatic heterocycles. The van der Waals surface area contributed by atoms with Crippen molar-refractivity contribution < 1.29 is 0 Å². The predicted octanol–water partition coefficient (Wildman–Crippen LogP) is 5.54. The molecule has 0 saturated carbocycles. The van der Waals surface area contributed by atoms with Gasteiger partial charge >= 0.3 is 0 Å². The minimum atomic E-state index is 0.194. The van der Waals surface area contributed by atoms with Crippen LogP contribution >= 0.6 is 0 Å². The number of rotatable bonds is 2. The van der Waals surface area contributed by atoms with E-state index >= 15 is 0 Å². The smallest absolute Gasteiger partial charge is 0.00277 e. The summed E-state index contributed by atoms with van der Waals surface area (Å²) in [4.78, 5) is 0. The first-order valence-electron chi connectivity index (χ1n) is 7.40. The molecule has 0 aliphatic rings. The summed E-state index contributed by atoms with van der Waals surface area (Å²) >= 11 is 0. The van der Waals surface area contributed by atoms with E-state index in [1.54, 1.807) is 0 Å². The fourth-order valence-electron chi connectivity index (χ4n) is 1.72. The molecule has 0 amide bonds. The molecule has 19 heavy (non-hydrogen) atoms. The molecule has 110 valence electrons. The maximum Gasteiger partial charge on any atom is 0.00277 e. The quantitative estimate of drug-likeness (QED) is 0.739. The van der Waals surface area contributed by atoms with Gasteiger partial charge in [0.05, 0.1) is 0 Å². The van der Waals surface area contributed by atoms with Crippen molar-refractivity contribution in [3.8, 4) is 0 Å². The molecule has 1 aromatic carbocycles. The molecule has 0 heterocycles. The van der Waals surface area contributed by atoms with Crippen LogP contribution in [0.4, 0.5) is 0 Å². The van der Waals surface area contributed by atoms with Gasteiger partial charge in [-0.2, -0.15) is 0 Å². The van der Waals surface area contributed by atoms with Crippen LogP contribution in [0.3, 0.4) is 0 Å². The van der Waals surface area contributed by atoms with E-state index in [0.717, 1.165) is 0 Å². The molecule has 0 saturated heterocycles. The molecule has 1 N–H and O–H groups in total. The summed E-state index contributed by atoms with van der Waals surface area (Å²) in [5, 5.41) is 3.04. The third-order valence-corrected chi connectivity index (χ3v) is 2.55. The largest absolute Gasteiger partial charge is 0.394 e. The molecule has 0 atom stereocenters. The average molecular weight is 263 g/mol. The van der Waals surface area contributed by atoms with Crippen LogP contribution in [0.15, 0.2) is 24.4 Å². The van der Waals surface area contributed by atoms with Gasteiger partial charge in [0, 0.05) is 7.05 Å². The summed E-state index contributed by atoms with van der Waals surface area (Å²) in [6.45, 7) is 16.9. The van der Waals surface area contributed by atoms with Crippen LogP contribution in [0, 0.1) is 6.92 Å². The van der Waals surface area contributed by atoms with Crippen molar-refractivity contribution in [3.05, 3.63) is 41.1 Å². The number of hydrogen-bond donors (Lipinski definition) is 1. The molecular weight excluding hydrogens is 230 g/mol. The topological polar surface area (TPSA) is 12.0 Å². The third-order valence-electron chi connectivity index (χ3n) is 2.55. The van der Waals surface area contributed by atoms with Gasteiger partial charge in [-0.3, -0.25) is 0 Å². The van der Waals surface area contributed by atoms with Crippen LogP contribution in [0.1, 0.15) is 65.2 Å². The third kappa shape index (κ3) is 7.05. The molecule has 1 heteroatoms. The van der Waals surface area contributed by atoms with Crippen LogP contribution in [-0.4, -0.2) is 7.05 Å². The van der Waals surface area contributed by atoms with E-state index < -0.39 is 0 Å². The Labute approximate surface area is 121 Å². The summed E-state index contributed by atoms with van der Waals surface area (Å²) in [5.41, 5.74) is 4.25. The molecule has 0 aliphatic carbocycles. The Morgan fingerprint density at radius 1 is 1.00 bits per heavy atom. The van der Waals surface area contributed by atoms with Gasteiger partial charge in [-0.1, -0.05) is 66.7 Å². The molecule has 1 rings (SSSR count). The van der Waals surface area contributed by atoms with Crippen molar-refractivity contribution in [1.29, 1.82) is 0 Å². The lowest BCUT2D eigenvalue weighted by molar-refractivity contribution is 0.588. The van der Waals surface area contributed by atoms with Gasteiger partial charge in [-0.05, 0) is 41.3 Å². The zero-order valence-electron chi connectivity index (χ0n) is 14.4. The number of nitrogens with one attached hydrogen (secondary N) is 1. The second-order valence-corrected chi connectivity index (χ2v) is 4.91. The molecular formula is C18H33N. The summed E-state index contributed by atoms with van der Waals surface area (Å²) in [5.74, 6) is 0. The van der Waals surface area contributed by atoms with Crippen molar-refractivity contribution in [2.24, 2.45) is 0 Å². The second-order valence-electron chi connectivity index (χ2n) is 4.91. The Bertz CT molecular complexity index is 356. The van der Waals surface area contributed by atoms with E-state index in [9.17, 15) is 0 Å². The number of benzene rings is 1. The fourth-order valence-corrected chi connectivity index (χ4v) is 1.72. The maximum atomic E-state index is 3.04. The first-order valence-corrected chi connectivity index (χ1v) is 7.40. The van der Waals surface area contributed by atoms with Crippen molar-refractivity contribution in [3.63, 3.8) is 0 Å². The highest BCUT2D eigenvalue weighted by molar-refractivity contribution is 5.59. The van der Waals surface area contributed by atoms with Crippen molar-refractivity contribution >= 4 is 6.08 Å². The Kier molecular flexibility index (Phi) is 11.3. The summed E-state index contributed by atoms with van der Waals surface area (Å²) < 4.78 is 0. The van der Waals surface area contributed by atoms with Gasteiger partial charge in [0.15, 0.2) is 0 Å². The Hall–Kier alpha value is -1.24. The SMILES string of the molecule is CC.CC.CN/C=C\c1c(C)cccc1C(C)(C)C. The fraction of sp³-hybridized carbons (Fsp3) is 0.556. The predicted molar refractivity (Wildman–Crippen MR) is 90.7 cm³/mol. The van der Waals surface area contributed by atoms with E-state index in [1.807, 2.05) is 40.9 Å². The monoisotopic (exact) mass is 263 g/mol. The Morgan fingerprint density at radius 3 is 1.95 bits per heavy atom. The maximum absolute atomic E-state index is 3.04. The molecule has 0 spiro atoms. The van der Waals surface area contributed by atoms with Crippen molar-refractivity contribution in [2.75, 3.05) is 7.05 Å². The Morgan fingerprint density at radius 2 is 1.53 bits per heavy atom. The van der Waals surface area contributed by atoms with Crippen LogP contribution in [-0.2, 0) is 5.41 Å². The first kappa shape index (κ1) is 20.1. The van der Waals surface area contributed by atoms with Crippen LogP contribution < -0.4 is 5.32 Å². The van der Waals surface area contributed by atoms with Gasteiger partial charge < -0.3 is 5.32 Å². The Balaban J connectivity index is 0. The minimum Gasteiger partial charge on any atom is -0.394 e. The summed E-state index contributed by atoms with van der Waals surface area (Å²) in [7, 11) is 1.92. The van der Waals surface area contributed by atoms with Gasteiger partial charge in [-0.25, -0.2) is 0 Å². The van der Waals surface area contributed by atoms with Crippen LogP contribution in [0.25, 0.3) is 6.08 Å². The van der Waals surface area contributed by atoms with E-state index in [1.165, 1.54) is 16.7 Å². The van der Waals surface area contributed by atoms with E-state index in [4.69, 9.17) is 0 Å². The van der Waals surface area contributed by atoms with Crippen molar-refractivity contribution in [1.82, 2.24) is 5.32 Å². The summed E-state index contributed by atoms with van der Waals surface area (Å²) in [6.07, 6.45) is 4.13. The molecule has 0 aliphatic heterocycles. The number of aryl methyl sites for hydroxylation is 1. The zero-order valence-corrected chi connectivity index (χ0v) is 14.4. The molecule has 0 unspecified atom stereocenters. The normalized spacial score (nSPS) is 10.2. The lowest BCUT2D eigenvalue weighted by Gasteiger charge is -2.22. The lowest BCUT2D eigenvalue weighted by Crippen LogP contribution is -2.13. The highest BCUT2D eigenvalue weighted by Crippen LogP contribution is 2.28. The number of hydrogen-bond acceptors (Lipinski definition) is 1. The molecule has 0 fully saturated rings. The zero-order chi connectivity index (χ0) is 15.5. The second kappa shape index (κ2) is 10.7. The highest BCUT2D eigenvalue weighted by atomic mass is 14.8. The van der Waals surface area contributed by atoms with Gasteiger partial charge in [0.1, 0.15) is 0 Å². The highest BCUT2D eigenvalue weighted by Gasteiger charge is 2.17. The van der Waals surface area contributed by atoms with Gasteiger partial charge in [0.25, 0.3) is 0 Å². The van der Waals surface area contributed by atoms with E-state index in [0.29, 0.717) is 0 Å². The van der Waals surface area contributed by atoms with E-state index in [-0.39, 0.29) is 5.41 Å². The van der Waals surface area contributed by atoms with Crippen LogP contribution in [0.5, 0.6) is 0 Å². The molecule has 0 radical (unpaired) electrons. The summed E-state index contributed by atoms with van der Waals surface area (Å²) in [6, 6.07) is 6.50. The standard InChI is InChI=1S/C14H21N.2C2H6/c1-11-7-6-8-13(14(2,3)4)12(11)9-10-15-5;2*1-2/h6-10,15H,1-5H3;2*1-2H3/b10-9-;;. The van der Waals surface area contributed by atoms with Crippen molar-refractivity contribution in [2.45, 2.75) is 60.8 Å². The van der Waals surface area contributed by atoms with Gasteiger partial charge in [0.2, 0.25) is 0 Å². The molecule has 1 nitrogen and oxygen atoms in total. The minimum absolute atomic E-state index is 0.194. The van der Waals surface area contributed by atoms with Gasteiger partial charge in [-0.15, -0.1) is 0 Å². The van der Waals surface area contributed by atoms with Crippen LogP contribution in [0.2, 0.25) is 0 Å². The lowest BCUT2D eigenvalue weighted by atomic mass is 9.82. The molecule has 1 aromatic rings.